The highest BCUT2D eigenvalue weighted by Gasteiger charge is 2.28. The second-order valence-corrected chi connectivity index (χ2v) is 7.47. The quantitative estimate of drug-likeness (QED) is 0.635. The average Bonchev–Trinajstić information content (AvgIpc) is 2.98. The van der Waals surface area contributed by atoms with Crippen LogP contribution in [0.25, 0.3) is 21.0 Å². The van der Waals surface area contributed by atoms with Gasteiger partial charge in [-0.15, -0.1) is 11.3 Å². The normalized spacial score (nSPS) is 13.2. The third kappa shape index (κ3) is 2.57. The van der Waals surface area contributed by atoms with Crippen LogP contribution in [0.4, 0.5) is 11.5 Å². The molecule has 0 unspecified atom stereocenters. The molecule has 0 radical (unpaired) electrons. The molecule has 0 amide bonds. The van der Waals surface area contributed by atoms with Gasteiger partial charge >= 0.3 is 5.97 Å². The van der Waals surface area contributed by atoms with Crippen LogP contribution < -0.4 is 4.90 Å². The van der Waals surface area contributed by atoms with Gasteiger partial charge in [0.1, 0.15) is 16.4 Å². The minimum atomic E-state index is -0.316. The second-order valence-electron chi connectivity index (χ2n) is 6.45. The van der Waals surface area contributed by atoms with Gasteiger partial charge in [-0.25, -0.2) is 14.8 Å². The number of esters is 1. The van der Waals surface area contributed by atoms with E-state index in [2.05, 4.69) is 23.7 Å². The zero-order chi connectivity index (χ0) is 17.6. The minimum Gasteiger partial charge on any atom is -0.462 e. The molecule has 128 valence electrons. The average molecular weight is 353 g/mol. The van der Waals surface area contributed by atoms with Crippen LogP contribution in [0.15, 0.2) is 29.3 Å². The molecule has 1 aliphatic rings. The second kappa shape index (κ2) is 6.11. The molecule has 25 heavy (non-hydrogen) atoms. The number of carbonyl (C=O) groups is 1. The summed E-state index contributed by atoms with van der Waals surface area (Å²) in [5, 5.41) is 2.00. The molecule has 5 nitrogen and oxygen atoms in total. The Morgan fingerprint density at radius 1 is 1.32 bits per heavy atom. The molecule has 2 aromatic heterocycles. The molecule has 0 N–H and O–H groups in total. The predicted octanol–water partition coefficient (Wildman–Crippen LogP) is 4.76. The summed E-state index contributed by atoms with van der Waals surface area (Å²) in [7, 11) is 0. The van der Waals surface area contributed by atoms with Gasteiger partial charge < -0.3 is 9.64 Å². The van der Waals surface area contributed by atoms with Gasteiger partial charge in [-0.2, -0.15) is 0 Å². The zero-order valence-electron chi connectivity index (χ0n) is 14.4. The number of anilines is 1. The van der Waals surface area contributed by atoms with E-state index < -0.39 is 0 Å². The summed E-state index contributed by atoms with van der Waals surface area (Å²) < 4.78 is 6.28. The number of ether oxygens (including phenoxy) is 1. The van der Waals surface area contributed by atoms with Crippen LogP contribution in [0, 0.1) is 5.92 Å². The summed E-state index contributed by atoms with van der Waals surface area (Å²) in [5.41, 5.74) is 1.61. The molecule has 0 spiro atoms. The van der Waals surface area contributed by atoms with Gasteiger partial charge in [0.05, 0.1) is 28.5 Å². The fourth-order valence-corrected chi connectivity index (χ4v) is 4.30. The van der Waals surface area contributed by atoms with Gasteiger partial charge in [-0.1, -0.05) is 32.0 Å². The summed E-state index contributed by atoms with van der Waals surface area (Å²) >= 11 is 1.45. The topological polar surface area (TPSA) is 54.8 Å². The number of carbonyl (C=O) groups excluding carboxylic acids is 1. The maximum Gasteiger partial charge on any atom is 0.350 e. The van der Waals surface area contributed by atoms with Gasteiger partial charge in [0.25, 0.3) is 0 Å². The number of rotatable bonds is 4. The minimum absolute atomic E-state index is 0.316. The Morgan fingerprint density at radius 3 is 2.88 bits per heavy atom. The summed E-state index contributed by atoms with van der Waals surface area (Å²) in [6.45, 7) is 7.32. The van der Waals surface area contributed by atoms with Crippen molar-refractivity contribution in [2.75, 3.05) is 18.1 Å². The van der Waals surface area contributed by atoms with E-state index >= 15 is 0 Å². The number of nitrogens with zero attached hydrogens (tertiary/aromatic N) is 3. The molecule has 0 saturated carbocycles. The Kier molecular flexibility index (Phi) is 3.92. The molecule has 3 heterocycles. The van der Waals surface area contributed by atoms with Crippen LogP contribution >= 0.6 is 11.3 Å². The van der Waals surface area contributed by atoms with E-state index in [1.807, 2.05) is 31.2 Å². The Labute approximate surface area is 149 Å². The molecule has 0 bridgehead atoms. The van der Waals surface area contributed by atoms with Crippen LogP contribution in [0.1, 0.15) is 30.4 Å². The number of hydrogen-bond acceptors (Lipinski definition) is 6. The highest BCUT2D eigenvalue weighted by atomic mass is 32.1. The van der Waals surface area contributed by atoms with Crippen molar-refractivity contribution in [1.82, 2.24) is 4.98 Å². The number of fused-ring (bicyclic) bond motifs is 2. The lowest BCUT2D eigenvalue weighted by Crippen LogP contribution is -2.28. The van der Waals surface area contributed by atoms with Crippen molar-refractivity contribution in [2.24, 2.45) is 10.9 Å². The molecule has 0 saturated heterocycles. The van der Waals surface area contributed by atoms with Crippen molar-refractivity contribution in [1.29, 1.82) is 0 Å². The number of aromatic nitrogens is 1. The van der Waals surface area contributed by atoms with E-state index in [4.69, 9.17) is 9.72 Å². The van der Waals surface area contributed by atoms with E-state index in [1.165, 1.54) is 11.3 Å². The van der Waals surface area contributed by atoms with E-state index in [-0.39, 0.29) is 5.97 Å². The van der Waals surface area contributed by atoms with Crippen molar-refractivity contribution >= 4 is 56.1 Å². The van der Waals surface area contributed by atoms with Crippen LogP contribution in [-0.2, 0) is 4.74 Å². The molecule has 4 rings (SSSR count). The molecule has 0 atom stereocenters. The first-order valence-corrected chi connectivity index (χ1v) is 9.25. The van der Waals surface area contributed by atoms with Crippen molar-refractivity contribution in [3.8, 4) is 0 Å². The van der Waals surface area contributed by atoms with Gasteiger partial charge in [0, 0.05) is 11.9 Å². The van der Waals surface area contributed by atoms with Gasteiger partial charge in [0.15, 0.2) is 0 Å². The highest BCUT2D eigenvalue weighted by molar-refractivity contribution is 7.22. The number of benzene rings is 1. The Hall–Kier alpha value is -2.47. The van der Waals surface area contributed by atoms with Crippen molar-refractivity contribution in [2.45, 2.75) is 20.8 Å². The molecular formula is C19H19N3O2S. The first-order chi connectivity index (χ1) is 12.1. The van der Waals surface area contributed by atoms with Crippen LogP contribution in [0.2, 0.25) is 0 Å². The molecule has 1 aliphatic heterocycles. The number of thiophene rings is 1. The molecular weight excluding hydrogens is 334 g/mol. The summed E-state index contributed by atoms with van der Waals surface area (Å²) in [4.78, 5) is 24.5. The maximum absolute atomic E-state index is 12.4. The Balaban J connectivity index is 2.03. The number of pyridine rings is 1. The lowest BCUT2D eigenvalue weighted by molar-refractivity contribution is 0.0533. The van der Waals surface area contributed by atoms with E-state index in [0.29, 0.717) is 23.1 Å². The lowest BCUT2D eigenvalue weighted by atomic mass is 10.1. The van der Waals surface area contributed by atoms with Crippen molar-refractivity contribution < 1.29 is 9.53 Å². The highest BCUT2D eigenvalue weighted by Crippen LogP contribution is 2.47. The van der Waals surface area contributed by atoms with E-state index in [9.17, 15) is 4.79 Å². The summed E-state index contributed by atoms with van der Waals surface area (Å²) in [6.07, 6.45) is 1.79. The number of para-hydroxylation sites is 1. The van der Waals surface area contributed by atoms with E-state index in [1.54, 1.807) is 6.34 Å². The summed E-state index contributed by atoms with van der Waals surface area (Å²) in [5.74, 6) is 1.03. The third-order valence-electron chi connectivity index (χ3n) is 4.10. The third-order valence-corrected chi connectivity index (χ3v) is 5.29. The number of aliphatic imine (C=N–C) groups is 1. The molecule has 3 aromatic rings. The molecule has 1 aromatic carbocycles. The monoisotopic (exact) mass is 353 g/mol. The van der Waals surface area contributed by atoms with Crippen LogP contribution in [-0.4, -0.2) is 30.4 Å². The van der Waals surface area contributed by atoms with Crippen molar-refractivity contribution in [3.63, 3.8) is 0 Å². The molecule has 6 heteroatoms. The first kappa shape index (κ1) is 16.0. The molecule has 0 aliphatic carbocycles. The fraction of sp³-hybridized carbons (Fsp3) is 0.316. The van der Waals surface area contributed by atoms with Crippen LogP contribution in [0.3, 0.4) is 0 Å². The standard InChI is InChI=1S/C19H19N3O2S/c1-4-24-19(23)17-15-14-16(25-17)12-7-5-6-8-13(12)21-18(14)22(10-20-15)9-11(2)3/h5-8,10-11H,4,9H2,1-3H3. The van der Waals surface area contributed by atoms with Gasteiger partial charge in [0.2, 0.25) is 0 Å². The smallest absolute Gasteiger partial charge is 0.350 e. The van der Waals surface area contributed by atoms with Crippen molar-refractivity contribution in [3.05, 3.63) is 29.1 Å². The first-order valence-electron chi connectivity index (χ1n) is 8.43. The SMILES string of the molecule is CCOC(=O)c1sc2c3c(nc4ccccc42)N(CC(C)C)C=Nc13. The fourth-order valence-electron chi connectivity index (χ4n) is 3.13. The van der Waals surface area contributed by atoms with Gasteiger partial charge in [-0.3, -0.25) is 0 Å². The number of hydrogen-bond donors (Lipinski definition) is 0. The lowest BCUT2D eigenvalue weighted by Gasteiger charge is -2.25. The Morgan fingerprint density at radius 2 is 2.12 bits per heavy atom. The summed E-state index contributed by atoms with van der Waals surface area (Å²) in [6, 6.07) is 8.03. The predicted molar refractivity (Wildman–Crippen MR) is 103 cm³/mol. The Bertz CT molecular complexity index is 1010. The molecule has 0 fully saturated rings. The van der Waals surface area contributed by atoms with Crippen LogP contribution in [0.5, 0.6) is 0 Å². The maximum atomic E-state index is 12.4. The zero-order valence-corrected chi connectivity index (χ0v) is 15.3. The largest absolute Gasteiger partial charge is 0.462 e. The van der Waals surface area contributed by atoms with Gasteiger partial charge in [-0.05, 0) is 18.9 Å². The van der Waals surface area contributed by atoms with E-state index in [0.717, 1.165) is 33.4 Å².